The predicted molar refractivity (Wildman–Crippen MR) is 111 cm³/mol. The average Bonchev–Trinajstić information content (AvgIpc) is 3.32. The van der Waals surface area contributed by atoms with Gasteiger partial charge in [0.25, 0.3) is 5.91 Å². The zero-order chi connectivity index (χ0) is 19.5. The number of nitrogens with zero attached hydrogens (tertiary/aromatic N) is 4. The van der Waals surface area contributed by atoms with Crippen molar-refractivity contribution in [3.8, 4) is 21.1 Å². The molecule has 142 valence electrons. The van der Waals surface area contributed by atoms with Gasteiger partial charge in [0.15, 0.2) is 0 Å². The largest absolute Gasteiger partial charge is 0.349 e. The van der Waals surface area contributed by atoms with E-state index in [9.17, 15) is 4.79 Å². The standard InChI is InChI=1S/C20H20N6OS/c1-26(2)11-10-22-19(27)17-18(13-6-5-9-21-12-13)28-20(23-17)16-14-7-3-4-8-15(14)24-25-16/h3-9,12H,10-11H2,1-2H3,(H,22,27)(H,24,25). The molecule has 4 rings (SSSR count). The van der Waals surface area contributed by atoms with Gasteiger partial charge in [-0.1, -0.05) is 24.3 Å². The number of hydrogen-bond donors (Lipinski definition) is 2. The fraction of sp³-hybridized carbons (Fsp3) is 0.200. The monoisotopic (exact) mass is 392 g/mol. The van der Waals surface area contributed by atoms with Crippen molar-refractivity contribution in [2.45, 2.75) is 0 Å². The van der Waals surface area contributed by atoms with Crippen LogP contribution in [0.15, 0.2) is 48.8 Å². The SMILES string of the molecule is CN(C)CCNC(=O)c1nc(-c2n[nH]c3ccccc23)sc1-c1cccnc1. The molecule has 0 aliphatic carbocycles. The van der Waals surface area contributed by atoms with Crippen LogP contribution in [-0.4, -0.2) is 58.2 Å². The number of amides is 1. The fourth-order valence-corrected chi connectivity index (χ4v) is 3.93. The van der Waals surface area contributed by atoms with E-state index < -0.39 is 0 Å². The number of rotatable bonds is 6. The first-order valence-corrected chi connectivity index (χ1v) is 9.73. The van der Waals surface area contributed by atoms with Gasteiger partial charge in [0.1, 0.15) is 16.4 Å². The summed E-state index contributed by atoms with van der Waals surface area (Å²) >= 11 is 1.45. The van der Waals surface area contributed by atoms with Crippen LogP contribution in [0.5, 0.6) is 0 Å². The van der Waals surface area contributed by atoms with Crippen molar-refractivity contribution in [2.75, 3.05) is 27.2 Å². The highest BCUT2D eigenvalue weighted by Gasteiger charge is 2.22. The molecule has 3 aromatic heterocycles. The lowest BCUT2D eigenvalue weighted by Gasteiger charge is -2.10. The number of nitrogens with one attached hydrogen (secondary N) is 2. The molecular formula is C20H20N6OS. The summed E-state index contributed by atoms with van der Waals surface area (Å²) in [4.78, 5) is 24.5. The second kappa shape index (κ2) is 7.87. The lowest BCUT2D eigenvalue weighted by atomic mass is 10.2. The Morgan fingerprint density at radius 3 is 2.86 bits per heavy atom. The maximum absolute atomic E-state index is 12.8. The molecule has 0 atom stereocenters. The number of likely N-dealkylation sites (N-methyl/N-ethyl adjacent to an activating group) is 1. The minimum atomic E-state index is -0.192. The Morgan fingerprint density at radius 1 is 1.21 bits per heavy atom. The van der Waals surface area contributed by atoms with E-state index in [1.165, 1.54) is 11.3 Å². The zero-order valence-corrected chi connectivity index (χ0v) is 16.5. The molecule has 7 nitrogen and oxygen atoms in total. The average molecular weight is 392 g/mol. The van der Waals surface area contributed by atoms with Crippen LogP contribution in [-0.2, 0) is 0 Å². The summed E-state index contributed by atoms with van der Waals surface area (Å²) in [6, 6.07) is 11.7. The van der Waals surface area contributed by atoms with Gasteiger partial charge in [0.2, 0.25) is 0 Å². The van der Waals surface area contributed by atoms with E-state index in [4.69, 9.17) is 0 Å². The molecule has 0 aliphatic heterocycles. The van der Waals surface area contributed by atoms with Gasteiger partial charge in [-0.25, -0.2) is 4.98 Å². The molecule has 8 heteroatoms. The molecule has 3 heterocycles. The predicted octanol–water partition coefficient (Wildman–Crippen LogP) is 3.04. The van der Waals surface area contributed by atoms with E-state index in [-0.39, 0.29) is 5.91 Å². The molecule has 0 fully saturated rings. The lowest BCUT2D eigenvalue weighted by molar-refractivity contribution is 0.0947. The molecule has 1 aromatic carbocycles. The topological polar surface area (TPSA) is 86.8 Å². The van der Waals surface area contributed by atoms with Gasteiger partial charge in [-0.05, 0) is 26.2 Å². The van der Waals surface area contributed by atoms with Gasteiger partial charge >= 0.3 is 0 Å². The van der Waals surface area contributed by atoms with E-state index in [0.29, 0.717) is 17.2 Å². The van der Waals surface area contributed by atoms with Gasteiger partial charge in [-0.3, -0.25) is 14.9 Å². The van der Waals surface area contributed by atoms with Crippen molar-refractivity contribution < 1.29 is 4.79 Å². The first-order chi connectivity index (χ1) is 13.6. The number of para-hydroxylation sites is 1. The Hall–Kier alpha value is -3.10. The number of carbonyl (C=O) groups is 1. The van der Waals surface area contributed by atoms with Gasteiger partial charge in [0, 0.05) is 36.4 Å². The van der Waals surface area contributed by atoms with Crippen molar-refractivity contribution in [3.05, 3.63) is 54.5 Å². The molecule has 0 bridgehead atoms. The number of carbonyl (C=O) groups excluding carboxylic acids is 1. The van der Waals surface area contributed by atoms with E-state index in [1.807, 2.05) is 55.4 Å². The maximum atomic E-state index is 12.8. The molecular weight excluding hydrogens is 372 g/mol. The molecule has 1 amide bonds. The number of fused-ring (bicyclic) bond motifs is 1. The molecule has 28 heavy (non-hydrogen) atoms. The van der Waals surface area contributed by atoms with Gasteiger partial charge < -0.3 is 10.2 Å². The van der Waals surface area contributed by atoms with E-state index in [1.54, 1.807) is 12.4 Å². The Morgan fingerprint density at radius 2 is 2.07 bits per heavy atom. The lowest BCUT2D eigenvalue weighted by Crippen LogP contribution is -2.31. The first kappa shape index (κ1) is 18.3. The molecule has 0 aliphatic rings. The molecule has 0 radical (unpaired) electrons. The smallest absolute Gasteiger partial charge is 0.271 e. The third-order valence-corrected chi connectivity index (χ3v) is 5.39. The molecule has 0 saturated carbocycles. The Balaban J connectivity index is 1.75. The van der Waals surface area contributed by atoms with Crippen LogP contribution in [0.25, 0.3) is 32.0 Å². The Kier molecular flexibility index (Phi) is 5.14. The first-order valence-electron chi connectivity index (χ1n) is 8.91. The van der Waals surface area contributed by atoms with E-state index in [2.05, 4.69) is 25.5 Å². The Labute approximate surface area is 166 Å². The number of hydrogen-bond acceptors (Lipinski definition) is 6. The number of benzene rings is 1. The minimum absolute atomic E-state index is 0.192. The van der Waals surface area contributed by atoms with Gasteiger partial charge in [-0.2, -0.15) is 5.10 Å². The normalized spacial score (nSPS) is 11.2. The van der Waals surface area contributed by atoms with Crippen molar-refractivity contribution in [3.63, 3.8) is 0 Å². The second-order valence-electron chi connectivity index (χ2n) is 6.62. The van der Waals surface area contributed by atoms with Crippen LogP contribution in [0.3, 0.4) is 0 Å². The molecule has 0 spiro atoms. The minimum Gasteiger partial charge on any atom is -0.349 e. The summed E-state index contributed by atoms with van der Waals surface area (Å²) in [5, 5.41) is 12.1. The highest BCUT2D eigenvalue weighted by atomic mass is 32.1. The number of thiazole rings is 1. The highest BCUT2D eigenvalue weighted by molar-refractivity contribution is 7.18. The quantitative estimate of drug-likeness (QED) is 0.527. The van der Waals surface area contributed by atoms with Crippen LogP contribution in [0.4, 0.5) is 0 Å². The summed E-state index contributed by atoms with van der Waals surface area (Å²) in [6.45, 7) is 1.31. The van der Waals surface area contributed by atoms with Crippen LogP contribution in [0, 0.1) is 0 Å². The maximum Gasteiger partial charge on any atom is 0.271 e. The molecule has 2 N–H and O–H groups in total. The summed E-state index contributed by atoms with van der Waals surface area (Å²) in [6.07, 6.45) is 3.46. The fourth-order valence-electron chi connectivity index (χ4n) is 2.87. The van der Waals surface area contributed by atoms with E-state index in [0.717, 1.165) is 33.6 Å². The number of aromatic nitrogens is 4. The van der Waals surface area contributed by atoms with Gasteiger partial charge in [-0.15, -0.1) is 11.3 Å². The number of pyridine rings is 1. The van der Waals surface area contributed by atoms with Crippen molar-refractivity contribution in [2.24, 2.45) is 0 Å². The van der Waals surface area contributed by atoms with E-state index >= 15 is 0 Å². The molecule has 4 aromatic rings. The summed E-state index contributed by atoms with van der Waals surface area (Å²) in [5.41, 5.74) is 2.95. The number of aromatic amines is 1. The van der Waals surface area contributed by atoms with Crippen LogP contribution in [0.2, 0.25) is 0 Å². The Bertz CT molecular complexity index is 1100. The second-order valence-corrected chi connectivity index (χ2v) is 7.61. The summed E-state index contributed by atoms with van der Waals surface area (Å²) in [5.74, 6) is -0.192. The van der Waals surface area contributed by atoms with Gasteiger partial charge in [0.05, 0.1) is 10.4 Å². The summed E-state index contributed by atoms with van der Waals surface area (Å²) in [7, 11) is 3.94. The van der Waals surface area contributed by atoms with Crippen molar-refractivity contribution in [1.82, 2.24) is 30.4 Å². The van der Waals surface area contributed by atoms with Crippen molar-refractivity contribution >= 4 is 28.1 Å². The van der Waals surface area contributed by atoms with Crippen LogP contribution >= 0.6 is 11.3 Å². The molecule has 0 saturated heterocycles. The third kappa shape index (κ3) is 3.64. The highest BCUT2D eigenvalue weighted by Crippen LogP contribution is 2.36. The number of H-pyrrole nitrogens is 1. The molecule has 0 unspecified atom stereocenters. The van der Waals surface area contributed by atoms with Crippen LogP contribution in [0.1, 0.15) is 10.5 Å². The third-order valence-electron chi connectivity index (χ3n) is 4.28. The summed E-state index contributed by atoms with van der Waals surface area (Å²) < 4.78 is 0. The van der Waals surface area contributed by atoms with Crippen LogP contribution < -0.4 is 5.32 Å². The van der Waals surface area contributed by atoms with Crippen molar-refractivity contribution in [1.29, 1.82) is 0 Å². The zero-order valence-electron chi connectivity index (χ0n) is 15.6.